The molecule has 164 valence electrons. The summed E-state index contributed by atoms with van der Waals surface area (Å²) < 4.78 is 20.2. The van der Waals surface area contributed by atoms with Crippen LogP contribution in [0.1, 0.15) is 30.5 Å². The van der Waals surface area contributed by atoms with E-state index < -0.39 is 23.5 Å². The standard InChI is InChI=1S/C24H27FN2O4/c1-4-15-31-17-11-9-16(10-12-17)22(28)20-21(18-7-5-6-8-19(18)25)27(14-13-26(2)3)24(30)23(20)29/h5-12,21,28H,4,13-15H2,1-3H3/t21-/m1/s1. The van der Waals surface area contributed by atoms with Gasteiger partial charge in [-0.3, -0.25) is 9.59 Å². The molecule has 1 heterocycles. The van der Waals surface area contributed by atoms with Crippen LogP contribution in [0.25, 0.3) is 5.76 Å². The average molecular weight is 426 g/mol. The summed E-state index contributed by atoms with van der Waals surface area (Å²) in [6.07, 6.45) is 0.862. The zero-order valence-electron chi connectivity index (χ0n) is 18.0. The van der Waals surface area contributed by atoms with Crippen molar-refractivity contribution >= 4 is 17.4 Å². The number of hydrogen-bond donors (Lipinski definition) is 1. The second-order valence-corrected chi connectivity index (χ2v) is 7.69. The minimum Gasteiger partial charge on any atom is -0.507 e. The molecule has 1 aliphatic rings. The Morgan fingerprint density at radius 3 is 2.42 bits per heavy atom. The van der Waals surface area contributed by atoms with Crippen molar-refractivity contribution in [2.45, 2.75) is 19.4 Å². The summed E-state index contributed by atoms with van der Waals surface area (Å²) >= 11 is 0. The summed E-state index contributed by atoms with van der Waals surface area (Å²) in [5, 5.41) is 11.0. The van der Waals surface area contributed by atoms with Crippen LogP contribution in [-0.4, -0.2) is 60.4 Å². The van der Waals surface area contributed by atoms with Gasteiger partial charge in [0.05, 0.1) is 18.2 Å². The van der Waals surface area contributed by atoms with E-state index in [9.17, 15) is 19.1 Å². The minimum atomic E-state index is -1.00. The van der Waals surface area contributed by atoms with Crippen LogP contribution >= 0.6 is 0 Å². The van der Waals surface area contributed by atoms with Crippen LogP contribution in [0.5, 0.6) is 5.75 Å². The third-order valence-electron chi connectivity index (χ3n) is 5.13. The molecule has 0 bridgehead atoms. The minimum absolute atomic E-state index is 0.115. The third-order valence-corrected chi connectivity index (χ3v) is 5.13. The van der Waals surface area contributed by atoms with Crippen molar-refractivity contribution in [2.75, 3.05) is 33.8 Å². The highest BCUT2D eigenvalue weighted by molar-refractivity contribution is 6.46. The Balaban J connectivity index is 2.07. The number of halogens is 1. The molecule has 7 heteroatoms. The molecule has 1 aliphatic heterocycles. The first-order valence-corrected chi connectivity index (χ1v) is 10.3. The zero-order valence-corrected chi connectivity index (χ0v) is 18.0. The predicted octanol–water partition coefficient (Wildman–Crippen LogP) is 3.60. The Bertz CT molecular complexity index is 985. The molecule has 2 aromatic carbocycles. The number of likely N-dealkylation sites (N-methyl/N-ethyl adjacent to an activating group) is 1. The number of benzene rings is 2. The van der Waals surface area contributed by atoms with Crippen LogP contribution in [-0.2, 0) is 9.59 Å². The van der Waals surface area contributed by atoms with Crippen molar-refractivity contribution in [3.05, 3.63) is 71.0 Å². The molecule has 31 heavy (non-hydrogen) atoms. The monoisotopic (exact) mass is 426 g/mol. The van der Waals surface area contributed by atoms with Crippen molar-refractivity contribution in [1.82, 2.24) is 9.80 Å². The zero-order chi connectivity index (χ0) is 22.5. The maximum absolute atomic E-state index is 14.7. The molecule has 1 amide bonds. The first-order chi connectivity index (χ1) is 14.8. The van der Waals surface area contributed by atoms with Crippen molar-refractivity contribution < 1.29 is 23.8 Å². The normalized spacial score (nSPS) is 18.1. The molecule has 3 rings (SSSR count). The summed E-state index contributed by atoms with van der Waals surface area (Å²) in [7, 11) is 3.69. The summed E-state index contributed by atoms with van der Waals surface area (Å²) in [4.78, 5) is 28.9. The topological polar surface area (TPSA) is 70.1 Å². The smallest absolute Gasteiger partial charge is 0.295 e. The maximum atomic E-state index is 14.7. The van der Waals surface area contributed by atoms with Gasteiger partial charge in [-0.1, -0.05) is 25.1 Å². The first kappa shape index (κ1) is 22.5. The second kappa shape index (κ2) is 9.75. The highest BCUT2D eigenvalue weighted by Crippen LogP contribution is 2.40. The average Bonchev–Trinajstić information content (AvgIpc) is 3.01. The van der Waals surface area contributed by atoms with Gasteiger partial charge < -0.3 is 19.6 Å². The van der Waals surface area contributed by atoms with E-state index in [-0.39, 0.29) is 23.4 Å². The molecule has 2 aromatic rings. The lowest BCUT2D eigenvalue weighted by Crippen LogP contribution is -2.35. The lowest BCUT2D eigenvalue weighted by Gasteiger charge is -2.26. The van der Waals surface area contributed by atoms with Crippen LogP contribution < -0.4 is 4.74 Å². The fourth-order valence-electron chi connectivity index (χ4n) is 3.52. The largest absolute Gasteiger partial charge is 0.507 e. The van der Waals surface area contributed by atoms with Gasteiger partial charge in [0.1, 0.15) is 17.3 Å². The van der Waals surface area contributed by atoms with E-state index in [1.54, 1.807) is 36.4 Å². The molecule has 1 fully saturated rings. The summed E-state index contributed by atoms with van der Waals surface area (Å²) in [5.41, 5.74) is 0.414. The van der Waals surface area contributed by atoms with E-state index in [1.807, 2.05) is 25.9 Å². The van der Waals surface area contributed by atoms with Crippen LogP contribution in [0.2, 0.25) is 0 Å². The first-order valence-electron chi connectivity index (χ1n) is 10.3. The highest BCUT2D eigenvalue weighted by atomic mass is 19.1. The van der Waals surface area contributed by atoms with Gasteiger partial charge in [-0.15, -0.1) is 0 Å². The Morgan fingerprint density at radius 2 is 1.81 bits per heavy atom. The Labute approximate surface area is 181 Å². The van der Waals surface area contributed by atoms with Gasteiger partial charge in [0.15, 0.2) is 0 Å². The molecule has 1 saturated heterocycles. The van der Waals surface area contributed by atoms with Crippen molar-refractivity contribution in [1.29, 1.82) is 0 Å². The Hall–Kier alpha value is -3.19. The van der Waals surface area contributed by atoms with E-state index in [0.29, 0.717) is 24.5 Å². The van der Waals surface area contributed by atoms with E-state index in [4.69, 9.17) is 4.74 Å². The van der Waals surface area contributed by atoms with Gasteiger partial charge in [-0.05, 0) is 50.8 Å². The molecule has 6 nitrogen and oxygen atoms in total. The second-order valence-electron chi connectivity index (χ2n) is 7.69. The number of Topliss-reactive ketones (excluding diaryl/α,β-unsaturated/α-hetero) is 1. The molecular weight excluding hydrogens is 399 g/mol. The lowest BCUT2D eigenvalue weighted by molar-refractivity contribution is -0.140. The van der Waals surface area contributed by atoms with Gasteiger partial charge in [0, 0.05) is 24.2 Å². The number of ketones is 1. The lowest BCUT2D eigenvalue weighted by atomic mass is 9.95. The highest BCUT2D eigenvalue weighted by Gasteiger charge is 2.46. The Morgan fingerprint density at radius 1 is 1.13 bits per heavy atom. The van der Waals surface area contributed by atoms with Crippen molar-refractivity contribution in [3.63, 3.8) is 0 Å². The number of hydrogen-bond acceptors (Lipinski definition) is 5. The summed E-state index contributed by atoms with van der Waals surface area (Å²) in [6, 6.07) is 11.6. The number of aliphatic hydroxyl groups is 1. The number of likely N-dealkylation sites (tertiary alicyclic amines) is 1. The molecule has 1 N–H and O–H groups in total. The molecular formula is C24H27FN2O4. The number of ether oxygens (including phenoxy) is 1. The SMILES string of the molecule is CCCOc1ccc(C(O)=C2C(=O)C(=O)N(CCN(C)C)[C@@H]2c2ccccc2F)cc1. The van der Waals surface area contributed by atoms with E-state index >= 15 is 0 Å². The molecule has 0 aliphatic carbocycles. The van der Waals surface area contributed by atoms with E-state index in [0.717, 1.165) is 6.42 Å². The molecule has 0 unspecified atom stereocenters. The van der Waals surface area contributed by atoms with Crippen LogP contribution in [0.3, 0.4) is 0 Å². The molecule has 1 atom stereocenters. The maximum Gasteiger partial charge on any atom is 0.295 e. The fraction of sp³-hybridized carbons (Fsp3) is 0.333. The number of carbonyl (C=O) groups excluding carboxylic acids is 2. The van der Waals surface area contributed by atoms with Gasteiger partial charge in [0.2, 0.25) is 0 Å². The van der Waals surface area contributed by atoms with Gasteiger partial charge >= 0.3 is 0 Å². The van der Waals surface area contributed by atoms with Crippen LogP contribution in [0.15, 0.2) is 54.1 Å². The number of nitrogens with zero attached hydrogens (tertiary/aromatic N) is 2. The van der Waals surface area contributed by atoms with Crippen LogP contribution in [0.4, 0.5) is 4.39 Å². The predicted molar refractivity (Wildman–Crippen MR) is 116 cm³/mol. The molecule has 0 spiro atoms. The van der Waals surface area contributed by atoms with Crippen molar-refractivity contribution in [2.24, 2.45) is 0 Å². The molecule has 0 radical (unpaired) electrons. The van der Waals surface area contributed by atoms with Gasteiger partial charge in [0.25, 0.3) is 11.7 Å². The summed E-state index contributed by atoms with van der Waals surface area (Å²) in [5.74, 6) is -1.81. The van der Waals surface area contributed by atoms with E-state index in [2.05, 4.69) is 0 Å². The van der Waals surface area contributed by atoms with Crippen LogP contribution in [0, 0.1) is 5.82 Å². The van der Waals surface area contributed by atoms with Gasteiger partial charge in [-0.2, -0.15) is 0 Å². The molecule has 0 aromatic heterocycles. The molecule has 0 saturated carbocycles. The van der Waals surface area contributed by atoms with Crippen molar-refractivity contribution in [3.8, 4) is 5.75 Å². The number of aliphatic hydroxyl groups excluding tert-OH is 1. The number of carbonyl (C=O) groups is 2. The Kier molecular flexibility index (Phi) is 7.07. The van der Waals surface area contributed by atoms with Gasteiger partial charge in [-0.25, -0.2) is 4.39 Å². The number of amides is 1. The third kappa shape index (κ3) is 4.77. The van der Waals surface area contributed by atoms with E-state index in [1.165, 1.54) is 17.0 Å². The quantitative estimate of drug-likeness (QED) is 0.397. The number of rotatable bonds is 8. The summed E-state index contributed by atoms with van der Waals surface area (Å²) in [6.45, 7) is 3.27. The fourth-order valence-corrected chi connectivity index (χ4v) is 3.52.